The van der Waals surface area contributed by atoms with Crippen molar-refractivity contribution in [3.63, 3.8) is 0 Å². The molecule has 1 heterocycles. The Morgan fingerprint density at radius 2 is 1.85 bits per heavy atom. The second kappa shape index (κ2) is 8.66. The smallest absolute Gasteiger partial charge is 0.257 e. The van der Waals surface area contributed by atoms with Crippen LogP contribution in [0.25, 0.3) is 0 Å². The molecule has 0 radical (unpaired) electrons. The van der Waals surface area contributed by atoms with Crippen molar-refractivity contribution >= 4 is 29.0 Å². The fourth-order valence-electron chi connectivity index (χ4n) is 2.53. The third-order valence-electron chi connectivity index (χ3n) is 4.08. The number of halogens is 1. The molecule has 0 saturated heterocycles. The van der Waals surface area contributed by atoms with Crippen LogP contribution in [0.3, 0.4) is 0 Å². The summed E-state index contributed by atoms with van der Waals surface area (Å²) in [5.74, 6) is 0.335. The zero-order valence-electron chi connectivity index (χ0n) is 14.8. The Balaban J connectivity index is 1.57. The first kappa shape index (κ1) is 18.9. The molecule has 0 fully saturated rings. The average Bonchev–Trinajstić information content (AvgIpc) is 2.68. The van der Waals surface area contributed by atoms with Gasteiger partial charge in [-0.1, -0.05) is 47.5 Å². The van der Waals surface area contributed by atoms with Gasteiger partial charge in [0.1, 0.15) is 5.82 Å². The van der Waals surface area contributed by atoms with Crippen LogP contribution in [-0.2, 0) is 0 Å². The number of carbonyl (C=O) groups is 1. The van der Waals surface area contributed by atoms with E-state index in [1.165, 1.54) is 6.20 Å². The maximum Gasteiger partial charge on any atom is 0.257 e. The molecule has 3 N–H and O–H groups in total. The molecule has 0 aliphatic carbocycles. The summed E-state index contributed by atoms with van der Waals surface area (Å²) in [5, 5.41) is 16.6. The first-order valence-electron chi connectivity index (χ1n) is 8.53. The monoisotopic (exact) mass is 381 g/mol. The van der Waals surface area contributed by atoms with Gasteiger partial charge in [-0.2, -0.15) is 0 Å². The van der Waals surface area contributed by atoms with Crippen molar-refractivity contribution in [2.75, 3.05) is 17.2 Å². The van der Waals surface area contributed by atoms with E-state index >= 15 is 0 Å². The molecule has 1 aromatic heterocycles. The van der Waals surface area contributed by atoms with E-state index in [0.717, 1.165) is 11.3 Å². The summed E-state index contributed by atoms with van der Waals surface area (Å²) in [5.41, 5.74) is 2.97. The molecular formula is C21H20ClN3O2. The highest BCUT2D eigenvalue weighted by molar-refractivity contribution is 6.31. The first-order chi connectivity index (χ1) is 13.0. The number of pyridine rings is 1. The molecule has 1 unspecified atom stereocenters. The van der Waals surface area contributed by atoms with Crippen LogP contribution in [-0.4, -0.2) is 22.5 Å². The highest BCUT2D eigenvalue weighted by atomic mass is 35.5. The number of anilines is 2. The number of carbonyl (C=O) groups excluding carboxylic acids is 1. The van der Waals surface area contributed by atoms with E-state index < -0.39 is 6.10 Å². The number of rotatable bonds is 6. The van der Waals surface area contributed by atoms with E-state index in [1.54, 1.807) is 24.3 Å². The number of aryl methyl sites for hydroxylation is 1. The lowest BCUT2D eigenvalue weighted by Gasteiger charge is -2.14. The predicted molar refractivity (Wildman–Crippen MR) is 108 cm³/mol. The third kappa shape index (κ3) is 5.06. The van der Waals surface area contributed by atoms with Gasteiger partial charge in [0.05, 0.1) is 11.7 Å². The Bertz CT molecular complexity index is 911. The minimum Gasteiger partial charge on any atom is -0.387 e. The minimum atomic E-state index is -0.759. The van der Waals surface area contributed by atoms with E-state index in [-0.39, 0.29) is 12.5 Å². The van der Waals surface area contributed by atoms with Crippen molar-refractivity contribution in [3.05, 3.63) is 88.6 Å². The van der Waals surface area contributed by atoms with Gasteiger partial charge >= 0.3 is 0 Å². The van der Waals surface area contributed by atoms with Gasteiger partial charge in [0.2, 0.25) is 0 Å². The number of aliphatic hydroxyl groups excluding tert-OH is 1. The van der Waals surface area contributed by atoms with Crippen LogP contribution in [0.4, 0.5) is 11.5 Å². The van der Waals surface area contributed by atoms with E-state index in [2.05, 4.69) is 15.6 Å². The summed E-state index contributed by atoms with van der Waals surface area (Å²) >= 11 is 6.08. The predicted octanol–water partition coefficient (Wildman–Crippen LogP) is 4.44. The second-order valence-electron chi connectivity index (χ2n) is 6.17. The molecule has 0 bridgehead atoms. The van der Waals surface area contributed by atoms with Gasteiger partial charge in [-0.15, -0.1) is 0 Å². The Hall–Kier alpha value is -2.89. The lowest BCUT2D eigenvalue weighted by Crippen LogP contribution is -2.15. The van der Waals surface area contributed by atoms with Crippen molar-refractivity contribution in [2.24, 2.45) is 0 Å². The standard InChI is InChI=1S/C21H20ClN3O2/c1-14-6-9-16(10-7-14)25-21(27)15-8-11-20(23-12-15)24-13-19(26)17-4-2-3-5-18(17)22/h2-12,19,26H,13H2,1H3,(H,23,24)(H,25,27). The van der Waals surface area contributed by atoms with Crippen molar-refractivity contribution in [1.82, 2.24) is 4.98 Å². The Morgan fingerprint density at radius 3 is 2.52 bits per heavy atom. The maximum absolute atomic E-state index is 12.3. The number of amides is 1. The summed E-state index contributed by atoms with van der Waals surface area (Å²) in [6.07, 6.45) is 0.735. The topological polar surface area (TPSA) is 74.2 Å². The summed E-state index contributed by atoms with van der Waals surface area (Å²) in [7, 11) is 0. The quantitative estimate of drug-likeness (QED) is 0.590. The van der Waals surface area contributed by atoms with Crippen molar-refractivity contribution < 1.29 is 9.90 Å². The molecule has 0 aliphatic rings. The molecule has 3 aromatic rings. The number of nitrogens with one attached hydrogen (secondary N) is 2. The normalized spacial score (nSPS) is 11.7. The maximum atomic E-state index is 12.3. The summed E-state index contributed by atoms with van der Waals surface area (Å²) in [6, 6.07) is 18.1. The van der Waals surface area contributed by atoms with Crippen molar-refractivity contribution in [1.29, 1.82) is 0 Å². The molecule has 3 rings (SSSR count). The molecule has 138 valence electrons. The lowest BCUT2D eigenvalue weighted by molar-refractivity contribution is 0.102. The average molecular weight is 382 g/mol. The summed E-state index contributed by atoms with van der Waals surface area (Å²) in [4.78, 5) is 16.5. The number of hydrogen-bond donors (Lipinski definition) is 3. The highest BCUT2D eigenvalue weighted by Gasteiger charge is 2.11. The molecule has 27 heavy (non-hydrogen) atoms. The van der Waals surface area contributed by atoms with Gasteiger partial charge in [-0.3, -0.25) is 4.79 Å². The number of benzene rings is 2. The van der Waals surface area contributed by atoms with Crippen LogP contribution in [0.2, 0.25) is 5.02 Å². The molecule has 2 aromatic carbocycles. The number of aliphatic hydroxyl groups is 1. The number of hydrogen-bond acceptors (Lipinski definition) is 4. The van der Waals surface area contributed by atoms with Gasteiger partial charge in [0.15, 0.2) is 0 Å². The SMILES string of the molecule is Cc1ccc(NC(=O)c2ccc(NCC(O)c3ccccc3Cl)nc2)cc1. The van der Waals surface area contributed by atoms with Crippen molar-refractivity contribution in [2.45, 2.75) is 13.0 Å². The summed E-state index contributed by atoms with van der Waals surface area (Å²) in [6.45, 7) is 2.25. The zero-order valence-corrected chi connectivity index (χ0v) is 15.6. The van der Waals surface area contributed by atoms with Crippen LogP contribution in [0, 0.1) is 6.92 Å². The van der Waals surface area contributed by atoms with E-state index in [4.69, 9.17) is 11.6 Å². The van der Waals surface area contributed by atoms with Crippen LogP contribution in [0.5, 0.6) is 0 Å². The Labute approximate surface area is 163 Å². The first-order valence-corrected chi connectivity index (χ1v) is 8.91. The molecule has 5 nitrogen and oxygen atoms in total. The Morgan fingerprint density at radius 1 is 1.11 bits per heavy atom. The highest BCUT2D eigenvalue weighted by Crippen LogP contribution is 2.22. The molecule has 0 aliphatic heterocycles. The zero-order chi connectivity index (χ0) is 19.2. The van der Waals surface area contributed by atoms with E-state index in [0.29, 0.717) is 22.0 Å². The third-order valence-corrected chi connectivity index (χ3v) is 4.42. The van der Waals surface area contributed by atoms with E-state index in [9.17, 15) is 9.90 Å². The van der Waals surface area contributed by atoms with Gasteiger partial charge in [0.25, 0.3) is 5.91 Å². The molecular weight excluding hydrogens is 362 g/mol. The van der Waals surface area contributed by atoms with Gasteiger partial charge < -0.3 is 15.7 Å². The van der Waals surface area contributed by atoms with Gasteiger partial charge in [-0.05, 0) is 37.3 Å². The Kier molecular flexibility index (Phi) is 6.06. The van der Waals surface area contributed by atoms with Crippen LogP contribution in [0.1, 0.15) is 27.6 Å². The fraction of sp³-hybridized carbons (Fsp3) is 0.143. The van der Waals surface area contributed by atoms with Gasteiger partial charge in [-0.25, -0.2) is 4.98 Å². The van der Waals surface area contributed by atoms with Crippen LogP contribution >= 0.6 is 11.6 Å². The minimum absolute atomic E-state index is 0.228. The number of nitrogens with zero attached hydrogens (tertiary/aromatic N) is 1. The van der Waals surface area contributed by atoms with Gasteiger partial charge in [0, 0.05) is 29.0 Å². The second-order valence-corrected chi connectivity index (χ2v) is 6.58. The molecule has 6 heteroatoms. The van der Waals surface area contributed by atoms with Crippen LogP contribution < -0.4 is 10.6 Å². The lowest BCUT2D eigenvalue weighted by atomic mass is 10.1. The summed E-state index contributed by atoms with van der Waals surface area (Å²) < 4.78 is 0. The molecule has 1 atom stereocenters. The fourth-order valence-corrected chi connectivity index (χ4v) is 2.79. The van der Waals surface area contributed by atoms with Crippen molar-refractivity contribution in [3.8, 4) is 0 Å². The van der Waals surface area contributed by atoms with E-state index in [1.807, 2.05) is 43.3 Å². The van der Waals surface area contributed by atoms with Crippen LogP contribution in [0.15, 0.2) is 66.9 Å². The largest absolute Gasteiger partial charge is 0.387 e. The molecule has 0 spiro atoms. The molecule has 1 amide bonds. The number of aromatic nitrogens is 1. The molecule has 0 saturated carbocycles.